The summed E-state index contributed by atoms with van der Waals surface area (Å²) in [6, 6.07) is 3.80. The Bertz CT molecular complexity index is 483. The summed E-state index contributed by atoms with van der Waals surface area (Å²) in [5.74, 6) is -0.409. The fourth-order valence-corrected chi connectivity index (χ4v) is 2.03. The summed E-state index contributed by atoms with van der Waals surface area (Å²) in [6.45, 7) is 0.929. The first-order valence-electron chi connectivity index (χ1n) is 6.39. The van der Waals surface area contributed by atoms with E-state index in [4.69, 9.17) is 16.3 Å². The third kappa shape index (κ3) is 5.47. The highest BCUT2D eigenvalue weighted by Gasteiger charge is 2.23. The maximum absolute atomic E-state index is 12.4. The van der Waals surface area contributed by atoms with E-state index in [9.17, 15) is 13.6 Å². The van der Waals surface area contributed by atoms with E-state index < -0.39 is 18.6 Å². The average molecular weight is 322 g/mol. The predicted octanol–water partition coefficient (Wildman–Crippen LogP) is 3.23. The van der Waals surface area contributed by atoms with Crippen molar-refractivity contribution >= 4 is 17.6 Å². The van der Waals surface area contributed by atoms with E-state index in [1.807, 2.05) is 13.8 Å². The fraction of sp³-hybridized carbons (Fsp3) is 0.500. The Morgan fingerprint density at radius 1 is 1.38 bits per heavy atom. The maximum atomic E-state index is 12.4. The van der Waals surface area contributed by atoms with Crippen molar-refractivity contribution in [3.05, 3.63) is 28.8 Å². The zero-order valence-electron chi connectivity index (χ0n) is 12.0. The van der Waals surface area contributed by atoms with Crippen LogP contribution in [-0.2, 0) is 16.1 Å². The van der Waals surface area contributed by atoms with Gasteiger partial charge in [0, 0.05) is 17.1 Å². The summed E-state index contributed by atoms with van der Waals surface area (Å²) in [7, 11) is 1.30. The first-order valence-corrected chi connectivity index (χ1v) is 6.77. The van der Waals surface area contributed by atoms with Crippen molar-refractivity contribution in [2.75, 3.05) is 7.11 Å². The smallest absolute Gasteiger partial charge is 0.387 e. The summed E-state index contributed by atoms with van der Waals surface area (Å²) in [5.41, 5.74) is 0.442. The van der Waals surface area contributed by atoms with Crippen LogP contribution in [0.3, 0.4) is 0 Å². The average Bonchev–Trinajstić information content (AvgIpc) is 2.40. The Balaban J connectivity index is 2.85. The molecule has 1 aromatic rings. The summed E-state index contributed by atoms with van der Waals surface area (Å²) in [5, 5.41) is 3.36. The van der Waals surface area contributed by atoms with E-state index in [0.29, 0.717) is 10.6 Å². The van der Waals surface area contributed by atoms with Crippen LogP contribution in [0.15, 0.2) is 18.2 Å². The number of hydrogen-bond acceptors (Lipinski definition) is 4. The van der Waals surface area contributed by atoms with Gasteiger partial charge in [-0.25, -0.2) is 0 Å². The molecule has 0 aliphatic rings. The van der Waals surface area contributed by atoms with Crippen molar-refractivity contribution in [1.82, 2.24) is 5.32 Å². The minimum Gasteiger partial charge on any atom is -0.468 e. The second kappa shape index (κ2) is 8.14. The number of benzene rings is 1. The highest BCUT2D eigenvalue weighted by molar-refractivity contribution is 6.30. The van der Waals surface area contributed by atoms with Crippen molar-refractivity contribution in [2.45, 2.75) is 33.0 Å². The molecule has 0 heterocycles. The second-order valence-corrected chi connectivity index (χ2v) is 5.19. The number of carbonyl (C=O) groups excluding carboxylic acids is 1. The number of hydrogen-bond donors (Lipinski definition) is 1. The lowest BCUT2D eigenvalue weighted by atomic mass is 10.0. The van der Waals surface area contributed by atoms with Crippen LogP contribution in [0.25, 0.3) is 0 Å². The number of methoxy groups -OCH3 is 1. The monoisotopic (exact) mass is 321 g/mol. The summed E-state index contributed by atoms with van der Waals surface area (Å²) < 4.78 is 33.9. The number of ether oxygens (including phenoxy) is 2. The molecule has 0 amide bonds. The Kier molecular flexibility index (Phi) is 6.84. The standard InChI is InChI=1S/C14H18ClF2NO3/c1-8(2)12(13(19)20-3)18-7-9-6-10(15)4-5-11(9)21-14(16)17/h4-6,8,12,14,18H,7H2,1-3H3/t12-/m0/s1. The van der Waals surface area contributed by atoms with E-state index in [2.05, 4.69) is 10.1 Å². The summed E-state index contributed by atoms with van der Waals surface area (Å²) in [4.78, 5) is 11.6. The van der Waals surface area contributed by atoms with Gasteiger partial charge >= 0.3 is 12.6 Å². The van der Waals surface area contributed by atoms with Crippen LogP contribution in [0.5, 0.6) is 5.75 Å². The van der Waals surface area contributed by atoms with Crippen molar-refractivity contribution in [1.29, 1.82) is 0 Å². The molecular formula is C14H18ClF2NO3. The molecule has 0 bridgehead atoms. The van der Waals surface area contributed by atoms with Crippen LogP contribution in [0.2, 0.25) is 5.02 Å². The number of esters is 1. The maximum Gasteiger partial charge on any atom is 0.387 e. The minimum absolute atomic E-state index is 0.0175. The molecule has 0 aliphatic heterocycles. The molecule has 1 atom stereocenters. The topological polar surface area (TPSA) is 47.6 Å². The Hall–Kier alpha value is -1.40. The third-order valence-corrected chi connectivity index (χ3v) is 3.11. The molecule has 21 heavy (non-hydrogen) atoms. The highest BCUT2D eigenvalue weighted by Crippen LogP contribution is 2.24. The van der Waals surface area contributed by atoms with Crippen molar-refractivity contribution in [3.63, 3.8) is 0 Å². The predicted molar refractivity (Wildman–Crippen MR) is 75.6 cm³/mol. The number of nitrogens with one attached hydrogen (secondary N) is 1. The summed E-state index contributed by atoms with van der Waals surface area (Å²) in [6.07, 6.45) is 0. The summed E-state index contributed by atoms with van der Waals surface area (Å²) >= 11 is 5.86. The molecular weight excluding hydrogens is 304 g/mol. The number of rotatable bonds is 7. The lowest BCUT2D eigenvalue weighted by Gasteiger charge is -2.20. The van der Waals surface area contributed by atoms with Crippen LogP contribution in [0, 0.1) is 5.92 Å². The molecule has 0 aromatic heterocycles. The van der Waals surface area contributed by atoms with Crippen LogP contribution in [0.4, 0.5) is 8.78 Å². The minimum atomic E-state index is -2.92. The molecule has 1 rings (SSSR count). The quantitative estimate of drug-likeness (QED) is 0.783. The molecule has 7 heteroatoms. The Morgan fingerprint density at radius 2 is 2.05 bits per heavy atom. The van der Waals surface area contributed by atoms with Gasteiger partial charge in [0.15, 0.2) is 0 Å². The van der Waals surface area contributed by atoms with Gasteiger partial charge < -0.3 is 9.47 Å². The largest absolute Gasteiger partial charge is 0.468 e. The van der Waals surface area contributed by atoms with Crippen LogP contribution in [-0.4, -0.2) is 25.7 Å². The Morgan fingerprint density at radius 3 is 2.57 bits per heavy atom. The van der Waals surface area contributed by atoms with Crippen molar-refractivity contribution < 1.29 is 23.0 Å². The zero-order chi connectivity index (χ0) is 16.0. The lowest BCUT2D eigenvalue weighted by Crippen LogP contribution is -2.41. The van der Waals surface area contributed by atoms with Gasteiger partial charge in [-0.3, -0.25) is 10.1 Å². The van der Waals surface area contributed by atoms with Gasteiger partial charge in [0.25, 0.3) is 0 Å². The molecule has 0 aliphatic carbocycles. The normalized spacial score (nSPS) is 12.6. The molecule has 118 valence electrons. The molecule has 1 N–H and O–H groups in total. The first-order chi connectivity index (χ1) is 9.85. The van der Waals surface area contributed by atoms with E-state index in [1.165, 1.54) is 25.3 Å². The fourth-order valence-electron chi connectivity index (χ4n) is 1.84. The molecule has 4 nitrogen and oxygen atoms in total. The molecule has 0 fully saturated rings. The van der Waals surface area contributed by atoms with E-state index in [-0.39, 0.29) is 18.2 Å². The molecule has 0 unspecified atom stereocenters. The van der Waals surface area contributed by atoms with Crippen molar-refractivity contribution in [2.24, 2.45) is 5.92 Å². The second-order valence-electron chi connectivity index (χ2n) is 4.76. The van der Waals surface area contributed by atoms with Crippen molar-refractivity contribution in [3.8, 4) is 5.75 Å². The van der Waals surface area contributed by atoms with Gasteiger partial charge in [0.2, 0.25) is 0 Å². The number of alkyl halides is 2. The molecule has 0 spiro atoms. The molecule has 0 saturated heterocycles. The van der Waals surface area contributed by atoms with E-state index >= 15 is 0 Å². The van der Waals surface area contributed by atoms with Gasteiger partial charge in [-0.15, -0.1) is 0 Å². The van der Waals surface area contributed by atoms with Crippen LogP contribution in [0.1, 0.15) is 19.4 Å². The number of halogens is 3. The van der Waals surface area contributed by atoms with Gasteiger partial charge in [0.1, 0.15) is 11.8 Å². The van der Waals surface area contributed by atoms with Crippen LogP contribution >= 0.6 is 11.6 Å². The molecule has 0 saturated carbocycles. The van der Waals surface area contributed by atoms with E-state index in [1.54, 1.807) is 0 Å². The zero-order valence-corrected chi connectivity index (χ0v) is 12.8. The molecule has 0 radical (unpaired) electrons. The SMILES string of the molecule is COC(=O)[C@@H](NCc1cc(Cl)ccc1OC(F)F)C(C)C. The van der Waals surface area contributed by atoms with Gasteiger partial charge in [0.05, 0.1) is 7.11 Å². The molecule has 1 aromatic carbocycles. The lowest BCUT2D eigenvalue weighted by molar-refractivity contribution is -0.144. The van der Waals surface area contributed by atoms with Crippen LogP contribution < -0.4 is 10.1 Å². The van der Waals surface area contributed by atoms with Gasteiger partial charge in [-0.2, -0.15) is 8.78 Å². The third-order valence-electron chi connectivity index (χ3n) is 2.87. The van der Waals surface area contributed by atoms with Gasteiger partial charge in [-0.1, -0.05) is 25.4 Å². The van der Waals surface area contributed by atoms with Gasteiger partial charge in [-0.05, 0) is 24.1 Å². The Labute approximate surface area is 127 Å². The highest BCUT2D eigenvalue weighted by atomic mass is 35.5. The first kappa shape index (κ1) is 17.7. The number of carbonyl (C=O) groups is 1. The van der Waals surface area contributed by atoms with E-state index in [0.717, 1.165) is 0 Å².